The lowest BCUT2D eigenvalue weighted by molar-refractivity contribution is -0.145. The summed E-state index contributed by atoms with van der Waals surface area (Å²) in [7, 11) is 0. The van der Waals surface area contributed by atoms with E-state index in [1.54, 1.807) is 13.1 Å². The van der Waals surface area contributed by atoms with Crippen LogP contribution < -0.4 is 5.32 Å². The van der Waals surface area contributed by atoms with Crippen molar-refractivity contribution in [1.82, 2.24) is 14.9 Å². The van der Waals surface area contributed by atoms with Crippen molar-refractivity contribution in [2.75, 3.05) is 25.0 Å². The first-order chi connectivity index (χ1) is 17.6. The molecule has 7 nitrogen and oxygen atoms in total. The number of benzene rings is 1. The lowest BCUT2D eigenvalue weighted by Gasteiger charge is -2.28. The van der Waals surface area contributed by atoms with Crippen LogP contribution in [0.5, 0.6) is 0 Å². The highest BCUT2D eigenvalue weighted by Gasteiger charge is 2.37. The number of aryl methyl sites for hydroxylation is 2. The van der Waals surface area contributed by atoms with E-state index in [4.69, 9.17) is 9.72 Å². The zero-order valence-electron chi connectivity index (χ0n) is 20.9. The number of hydrogen-bond donors (Lipinski definition) is 1. The summed E-state index contributed by atoms with van der Waals surface area (Å²) in [6.45, 7) is 3.75. The number of pyridine rings is 2. The summed E-state index contributed by atoms with van der Waals surface area (Å²) in [5, 5.41) is 4.40. The lowest BCUT2D eigenvalue weighted by Crippen LogP contribution is -2.33. The molecule has 4 heterocycles. The molecule has 1 saturated heterocycles. The number of likely N-dealkylation sites (tertiary alicyclic amines) is 1. The van der Waals surface area contributed by atoms with Gasteiger partial charge in [-0.1, -0.05) is 24.3 Å². The summed E-state index contributed by atoms with van der Waals surface area (Å²) in [4.78, 5) is 37.2. The van der Waals surface area contributed by atoms with E-state index in [2.05, 4.69) is 22.4 Å². The Kier molecular flexibility index (Phi) is 7.44. The Morgan fingerprint density at radius 1 is 1.25 bits per heavy atom. The highest BCUT2D eigenvalue weighted by atomic mass is 16.5. The molecule has 188 valence electrons. The summed E-state index contributed by atoms with van der Waals surface area (Å²) in [6.07, 6.45) is 7.57. The second kappa shape index (κ2) is 11.1. The Morgan fingerprint density at radius 3 is 3.03 bits per heavy atom. The number of ether oxygens (including phenoxy) is 1. The molecule has 2 aliphatic rings. The molecule has 0 radical (unpaired) electrons. The van der Waals surface area contributed by atoms with Crippen molar-refractivity contribution >= 4 is 28.6 Å². The number of carbonyl (C=O) groups is 2. The predicted molar refractivity (Wildman–Crippen MR) is 140 cm³/mol. The number of nitrogens with zero attached hydrogens (tertiary/aromatic N) is 3. The van der Waals surface area contributed by atoms with Crippen molar-refractivity contribution in [2.24, 2.45) is 5.92 Å². The zero-order chi connectivity index (χ0) is 24.9. The van der Waals surface area contributed by atoms with Crippen LogP contribution in [0.4, 0.5) is 5.82 Å². The smallest absolute Gasteiger partial charge is 0.308 e. The Labute approximate surface area is 212 Å². The van der Waals surface area contributed by atoms with E-state index in [1.807, 2.05) is 35.2 Å². The van der Waals surface area contributed by atoms with Crippen molar-refractivity contribution < 1.29 is 14.3 Å². The maximum Gasteiger partial charge on any atom is 0.308 e. The molecular weight excluding hydrogens is 452 g/mol. The van der Waals surface area contributed by atoms with Gasteiger partial charge < -0.3 is 15.0 Å². The Bertz CT molecular complexity index is 1240. The van der Waals surface area contributed by atoms with Gasteiger partial charge in [-0.25, -0.2) is 4.98 Å². The van der Waals surface area contributed by atoms with Crippen LogP contribution in [0, 0.1) is 5.92 Å². The average Bonchev–Trinajstić information content (AvgIpc) is 3.27. The van der Waals surface area contributed by atoms with Crippen molar-refractivity contribution in [3.63, 3.8) is 0 Å². The van der Waals surface area contributed by atoms with Gasteiger partial charge in [-0.15, -0.1) is 0 Å². The highest BCUT2D eigenvalue weighted by molar-refractivity contribution is 5.83. The number of aromatic nitrogens is 2. The van der Waals surface area contributed by atoms with Gasteiger partial charge in [0.2, 0.25) is 5.91 Å². The van der Waals surface area contributed by atoms with Crippen molar-refractivity contribution in [2.45, 2.75) is 57.9 Å². The van der Waals surface area contributed by atoms with E-state index in [9.17, 15) is 9.59 Å². The number of para-hydroxylation sites is 1. The number of anilines is 1. The average molecular weight is 487 g/mol. The van der Waals surface area contributed by atoms with Gasteiger partial charge in [0.05, 0.1) is 24.6 Å². The monoisotopic (exact) mass is 486 g/mol. The predicted octanol–water partition coefficient (Wildman–Crippen LogP) is 4.85. The summed E-state index contributed by atoms with van der Waals surface area (Å²) in [6, 6.07) is 13.9. The van der Waals surface area contributed by atoms with Crippen LogP contribution in [0.25, 0.3) is 10.9 Å². The second-order valence-electron chi connectivity index (χ2n) is 9.74. The first kappa shape index (κ1) is 24.2. The second-order valence-corrected chi connectivity index (χ2v) is 9.74. The van der Waals surface area contributed by atoms with Crippen LogP contribution in [0.2, 0.25) is 0 Å². The molecule has 1 N–H and O–H groups in total. The van der Waals surface area contributed by atoms with Crippen LogP contribution >= 0.6 is 0 Å². The van der Waals surface area contributed by atoms with Gasteiger partial charge in [0.15, 0.2) is 0 Å². The molecule has 1 fully saturated rings. The third-order valence-electron chi connectivity index (χ3n) is 7.33. The van der Waals surface area contributed by atoms with Crippen molar-refractivity contribution in [3.05, 3.63) is 65.5 Å². The van der Waals surface area contributed by atoms with Gasteiger partial charge in [0.25, 0.3) is 0 Å². The van der Waals surface area contributed by atoms with Crippen LogP contribution in [-0.2, 0) is 27.2 Å². The fourth-order valence-corrected chi connectivity index (χ4v) is 5.43. The van der Waals surface area contributed by atoms with E-state index in [-0.39, 0.29) is 30.3 Å². The number of nitrogens with one attached hydrogen (secondary N) is 1. The van der Waals surface area contributed by atoms with Gasteiger partial charge in [0.1, 0.15) is 5.82 Å². The Morgan fingerprint density at radius 2 is 2.14 bits per heavy atom. The minimum Gasteiger partial charge on any atom is -0.466 e. The van der Waals surface area contributed by atoms with Crippen LogP contribution in [0.3, 0.4) is 0 Å². The van der Waals surface area contributed by atoms with E-state index < -0.39 is 0 Å². The maximum absolute atomic E-state index is 13.5. The van der Waals surface area contributed by atoms with Crippen LogP contribution in [-0.4, -0.2) is 46.4 Å². The molecule has 0 bridgehead atoms. The minimum atomic E-state index is -0.368. The minimum absolute atomic E-state index is 0.0288. The SMILES string of the molecule is CCOC(=O)C[C@@H](c1cnc2ccccc2c1)N1CC[C@@H](CCCc2ccc3c(n2)NCCC3)C1=O. The molecule has 3 aromatic rings. The Hall–Kier alpha value is -3.48. The molecule has 36 heavy (non-hydrogen) atoms. The standard InChI is InChI=1S/C29H34N4O3/c1-2-36-27(34)18-26(23-17-22-7-3-4-11-25(22)31-19-23)33-16-14-21(29(33)35)8-5-10-24-13-12-20-9-6-15-30-28(20)32-24/h3-4,7,11-13,17,19,21,26H,2,5-6,8-10,14-16,18H2,1H3,(H,30,32)/t21-,26+/m1/s1. The number of fused-ring (bicyclic) bond motifs is 2. The molecule has 1 aromatic carbocycles. The van der Waals surface area contributed by atoms with Gasteiger partial charge >= 0.3 is 5.97 Å². The molecule has 0 saturated carbocycles. The lowest BCUT2D eigenvalue weighted by atomic mass is 9.98. The van der Waals surface area contributed by atoms with E-state index in [1.165, 1.54) is 5.56 Å². The topological polar surface area (TPSA) is 84.4 Å². The first-order valence-corrected chi connectivity index (χ1v) is 13.2. The van der Waals surface area contributed by atoms with E-state index >= 15 is 0 Å². The molecule has 7 heteroatoms. The number of esters is 1. The number of hydrogen-bond acceptors (Lipinski definition) is 6. The Balaban J connectivity index is 1.26. The third-order valence-corrected chi connectivity index (χ3v) is 7.33. The van der Waals surface area contributed by atoms with Crippen LogP contribution in [0.1, 0.15) is 61.9 Å². The molecule has 2 aromatic heterocycles. The molecule has 2 atom stereocenters. The summed E-state index contributed by atoms with van der Waals surface area (Å²) in [5.41, 5.74) is 4.14. The van der Waals surface area contributed by atoms with Gasteiger partial charge in [-0.05, 0) is 74.8 Å². The number of amides is 1. The largest absolute Gasteiger partial charge is 0.466 e. The normalized spacial score (nSPS) is 18.1. The quantitative estimate of drug-likeness (QED) is 0.435. The molecule has 2 aliphatic heterocycles. The summed E-state index contributed by atoms with van der Waals surface area (Å²) < 4.78 is 5.25. The molecule has 0 aliphatic carbocycles. The highest BCUT2D eigenvalue weighted by Crippen LogP contribution is 2.34. The molecule has 1 amide bonds. The van der Waals surface area contributed by atoms with Crippen molar-refractivity contribution in [1.29, 1.82) is 0 Å². The summed E-state index contributed by atoms with van der Waals surface area (Å²) in [5.74, 6) is 0.822. The van der Waals surface area contributed by atoms with Gasteiger partial charge in [-0.3, -0.25) is 14.6 Å². The molecule has 5 rings (SSSR count). The molecule has 0 unspecified atom stereocenters. The maximum atomic E-state index is 13.5. The van der Waals surface area contributed by atoms with Gasteiger partial charge in [0, 0.05) is 36.3 Å². The summed E-state index contributed by atoms with van der Waals surface area (Å²) >= 11 is 0. The fourth-order valence-electron chi connectivity index (χ4n) is 5.43. The van der Waals surface area contributed by atoms with Crippen LogP contribution in [0.15, 0.2) is 48.7 Å². The van der Waals surface area contributed by atoms with E-state index in [0.29, 0.717) is 13.2 Å². The fraction of sp³-hybridized carbons (Fsp3) is 0.448. The third kappa shape index (κ3) is 5.35. The number of rotatable bonds is 9. The molecule has 0 spiro atoms. The molecular formula is C29H34N4O3. The number of carbonyl (C=O) groups excluding carboxylic acids is 2. The van der Waals surface area contributed by atoms with Gasteiger partial charge in [-0.2, -0.15) is 0 Å². The first-order valence-electron chi connectivity index (χ1n) is 13.2. The van der Waals surface area contributed by atoms with E-state index in [0.717, 1.165) is 73.0 Å². The van der Waals surface area contributed by atoms with Crippen molar-refractivity contribution in [3.8, 4) is 0 Å². The zero-order valence-corrected chi connectivity index (χ0v) is 20.9.